The predicted octanol–water partition coefficient (Wildman–Crippen LogP) is 1.30. The highest BCUT2D eigenvalue weighted by Crippen LogP contribution is 2.21. The molecule has 0 amide bonds. The van der Waals surface area contributed by atoms with Crippen LogP contribution in [0, 0.1) is 0 Å². The molecule has 1 aliphatic heterocycles. The molecule has 1 heterocycles. The van der Waals surface area contributed by atoms with Crippen molar-refractivity contribution in [3.63, 3.8) is 0 Å². The van der Waals surface area contributed by atoms with Gasteiger partial charge < -0.3 is 0 Å². The van der Waals surface area contributed by atoms with E-state index in [-0.39, 0.29) is 5.25 Å². The van der Waals surface area contributed by atoms with Gasteiger partial charge in [-0.3, -0.25) is 4.18 Å². The summed E-state index contributed by atoms with van der Waals surface area (Å²) < 4.78 is 27.0. The van der Waals surface area contributed by atoms with E-state index in [2.05, 4.69) is 0 Å². The van der Waals surface area contributed by atoms with Gasteiger partial charge in [-0.15, -0.1) is 0 Å². The molecule has 1 atom stereocenters. The number of hydrogen-bond donors (Lipinski definition) is 0. The summed E-state index contributed by atoms with van der Waals surface area (Å²) >= 11 is 0. The molecule has 0 radical (unpaired) electrons. The van der Waals surface area contributed by atoms with E-state index in [0.717, 1.165) is 25.7 Å². The fourth-order valence-electron chi connectivity index (χ4n) is 1.34. The zero-order valence-corrected chi connectivity index (χ0v) is 7.56. The van der Waals surface area contributed by atoms with Crippen LogP contribution >= 0.6 is 0 Å². The Morgan fingerprint density at radius 3 is 2.82 bits per heavy atom. The van der Waals surface area contributed by atoms with Crippen molar-refractivity contribution in [2.75, 3.05) is 6.61 Å². The summed E-state index contributed by atoms with van der Waals surface area (Å²) in [7, 11) is -3.19. The Labute approximate surface area is 67.9 Å². The molecule has 0 aromatic heterocycles. The van der Waals surface area contributed by atoms with E-state index >= 15 is 0 Å². The molecular formula is C7H14O3S. The molecule has 0 aromatic rings. The van der Waals surface area contributed by atoms with Gasteiger partial charge in [0.25, 0.3) is 10.1 Å². The topological polar surface area (TPSA) is 43.4 Å². The Bertz CT molecular complexity index is 206. The van der Waals surface area contributed by atoms with Crippen LogP contribution in [0.25, 0.3) is 0 Å². The van der Waals surface area contributed by atoms with Crippen LogP contribution in [0.5, 0.6) is 0 Å². The first-order chi connectivity index (χ1) is 5.17. The van der Waals surface area contributed by atoms with E-state index in [1.807, 2.05) is 6.92 Å². The van der Waals surface area contributed by atoms with Crippen LogP contribution in [-0.2, 0) is 14.3 Å². The highest BCUT2D eigenvalue weighted by molar-refractivity contribution is 7.87. The fourth-order valence-corrected chi connectivity index (χ4v) is 2.86. The van der Waals surface area contributed by atoms with Gasteiger partial charge in [-0.2, -0.15) is 8.42 Å². The summed E-state index contributed by atoms with van der Waals surface area (Å²) in [6, 6.07) is 0. The highest BCUT2D eigenvalue weighted by Gasteiger charge is 2.28. The Morgan fingerprint density at radius 1 is 1.55 bits per heavy atom. The second-order valence-electron chi connectivity index (χ2n) is 2.87. The van der Waals surface area contributed by atoms with Gasteiger partial charge in [0, 0.05) is 0 Å². The van der Waals surface area contributed by atoms with Gasteiger partial charge in [0.15, 0.2) is 0 Å². The first-order valence-corrected chi connectivity index (χ1v) is 5.52. The zero-order chi connectivity index (χ0) is 8.32. The molecule has 0 bridgehead atoms. The third-order valence-electron chi connectivity index (χ3n) is 1.94. The van der Waals surface area contributed by atoms with E-state index in [1.54, 1.807) is 0 Å². The molecule has 1 unspecified atom stereocenters. The Balaban J connectivity index is 2.60. The molecule has 66 valence electrons. The standard InChI is InChI=1S/C7H14O3S/c1-2-4-7-5-3-6-10-11(7,8)9/h7H,2-6H2,1H3. The summed E-state index contributed by atoms with van der Waals surface area (Å²) in [6.45, 7) is 2.37. The molecule has 0 aromatic carbocycles. The average molecular weight is 178 g/mol. The average Bonchev–Trinajstić information content (AvgIpc) is 1.94. The monoisotopic (exact) mass is 178 g/mol. The van der Waals surface area contributed by atoms with Crippen LogP contribution in [0.4, 0.5) is 0 Å². The molecule has 1 rings (SSSR count). The van der Waals surface area contributed by atoms with E-state index in [0.29, 0.717) is 6.61 Å². The molecule has 3 nitrogen and oxygen atoms in total. The van der Waals surface area contributed by atoms with Crippen molar-refractivity contribution in [2.45, 2.75) is 37.9 Å². The molecule has 0 N–H and O–H groups in total. The summed E-state index contributed by atoms with van der Waals surface area (Å²) in [5.74, 6) is 0. The Hall–Kier alpha value is -0.0900. The van der Waals surface area contributed by atoms with Crippen molar-refractivity contribution >= 4 is 10.1 Å². The smallest absolute Gasteiger partial charge is 0.270 e. The van der Waals surface area contributed by atoms with Gasteiger partial charge in [-0.25, -0.2) is 0 Å². The van der Waals surface area contributed by atoms with Gasteiger partial charge in [-0.1, -0.05) is 13.3 Å². The third-order valence-corrected chi connectivity index (χ3v) is 3.72. The summed E-state index contributed by atoms with van der Waals surface area (Å²) in [6.07, 6.45) is 3.30. The lowest BCUT2D eigenvalue weighted by molar-refractivity contribution is 0.272. The van der Waals surface area contributed by atoms with Crippen molar-refractivity contribution in [3.8, 4) is 0 Å². The molecule has 0 saturated carbocycles. The van der Waals surface area contributed by atoms with Crippen LogP contribution in [0.15, 0.2) is 0 Å². The maximum Gasteiger partial charge on any atom is 0.270 e. The van der Waals surface area contributed by atoms with Crippen LogP contribution in [0.1, 0.15) is 32.6 Å². The molecule has 0 aliphatic carbocycles. The van der Waals surface area contributed by atoms with Crippen molar-refractivity contribution < 1.29 is 12.6 Å². The summed E-state index contributed by atoms with van der Waals surface area (Å²) in [5, 5.41) is -0.235. The van der Waals surface area contributed by atoms with Gasteiger partial charge in [0.1, 0.15) is 0 Å². The number of rotatable bonds is 2. The van der Waals surface area contributed by atoms with Gasteiger partial charge in [0.05, 0.1) is 11.9 Å². The van der Waals surface area contributed by atoms with E-state index < -0.39 is 10.1 Å². The van der Waals surface area contributed by atoms with E-state index in [9.17, 15) is 8.42 Å². The maximum absolute atomic E-state index is 11.1. The predicted molar refractivity (Wildman–Crippen MR) is 42.8 cm³/mol. The van der Waals surface area contributed by atoms with Crippen molar-refractivity contribution in [1.82, 2.24) is 0 Å². The van der Waals surface area contributed by atoms with E-state index in [1.165, 1.54) is 0 Å². The van der Waals surface area contributed by atoms with Crippen LogP contribution in [0.3, 0.4) is 0 Å². The molecule has 1 aliphatic rings. The third kappa shape index (κ3) is 2.17. The molecule has 1 fully saturated rings. The van der Waals surface area contributed by atoms with E-state index in [4.69, 9.17) is 4.18 Å². The molecule has 4 heteroatoms. The second-order valence-corrected chi connectivity index (χ2v) is 4.76. The minimum Gasteiger partial charge on any atom is -0.270 e. The second kappa shape index (κ2) is 3.54. The first kappa shape index (κ1) is 9.00. The number of hydrogen-bond acceptors (Lipinski definition) is 3. The Kier molecular flexibility index (Phi) is 2.90. The zero-order valence-electron chi connectivity index (χ0n) is 6.75. The molecule has 11 heavy (non-hydrogen) atoms. The Morgan fingerprint density at radius 2 is 2.27 bits per heavy atom. The lowest BCUT2D eigenvalue weighted by atomic mass is 10.1. The lowest BCUT2D eigenvalue weighted by Gasteiger charge is -2.20. The summed E-state index contributed by atoms with van der Waals surface area (Å²) in [5.41, 5.74) is 0. The largest absolute Gasteiger partial charge is 0.270 e. The van der Waals surface area contributed by atoms with Crippen LogP contribution in [-0.4, -0.2) is 20.3 Å². The van der Waals surface area contributed by atoms with Crippen molar-refractivity contribution in [3.05, 3.63) is 0 Å². The van der Waals surface area contributed by atoms with Crippen molar-refractivity contribution in [1.29, 1.82) is 0 Å². The van der Waals surface area contributed by atoms with Crippen molar-refractivity contribution in [2.24, 2.45) is 0 Å². The van der Waals surface area contributed by atoms with Gasteiger partial charge in [-0.05, 0) is 19.3 Å². The van der Waals surface area contributed by atoms with Gasteiger partial charge >= 0.3 is 0 Å². The minimum absolute atomic E-state index is 0.235. The summed E-state index contributed by atoms with van der Waals surface area (Å²) in [4.78, 5) is 0. The fraction of sp³-hybridized carbons (Fsp3) is 1.00. The molecule has 1 saturated heterocycles. The lowest BCUT2D eigenvalue weighted by Crippen LogP contribution is -2.28. The molecule has 0 spiro atoms. The quantitative estimate of drug-likeness (QED) is 0.598. The highest BCUT2D eigenvalue weighted by atomic mass is 32.2. The van der Waals surface area contributed by atoms with Crippen LogP contribution in [0.2, 0.25) is 0 Å². The first-order valence-electron chi connectivity index (χ1n) is 4.05. The van der Waals surface area contributed by atoms with Crippen LogP contribution < -0.4 is 0 Å². The SMILES string of the molecule is CCCC1CCCOS1(=O)=O. The molecular weight excluding hydrogens is 164 g/mol. The normalized spacial score (nSPS) is 30.1. The maximum atomic E-state index is 11.1. The van der Waals surface area contributed by atoms with Gasteiger partial charge in [0.2, 0.25) is 0 Å². The minimum atomic E-state index is -3.19.